The Hall–Kier alpha value is -0.580. The predicted molar refractivity (Wildman–Crippen MR) is 73.4 cm³/mol. The predicted octanol–water partition coefficient (Wildman–Crippen LogP) is 2.02. The quantitative estimate of drug-likeness (QED) is 0.841. The number of hydrogen-bond donors (Lipinski definition) is 1. The Balaban J connectivity index is 2.56. The van der Waals surface area contributed by atoms with E-state index < -0.39 is 0 Å². The van der Waals surface area contributed by atoms with Crippen LogP contribution in [0.25, 0.3) is 0 Å². The van der Waals surface area contributed by atoms with Gasteiger partial charge in [0.25, 0.3) is 0 Å². The van der Waals surface area contributed by atoms with Gasteiger partial charge in [-0.1, -0.05) is 12.1 Å². The molecule has 0 aliphatic rings. The Morgan fingerprint density at radius 1 is 1.19 bits per heavy atom. The van der Waals surface area contributed by atoms with Gasteiger partial charge in [0.1, 0.15) is 0 Å². The standard InChI is InChI=1S/C12H20BrN3/c1-15(2)7-8-16(3)9-10-5-4-6-11(14)12(10)13/h4-6H,7-9,14H2,1-3H3. The number of nitrogen functional groups attached to an aromatic ring is 1. The lowest BCUT2D eigenvalue weighted by molar-refractivity contribution is 0.276. The van der Waals surface area contributed by atoms with E-state index in [-0.39, 0.29) is 0 Å². The zero-order valence-electron chi connectivity index (χ0n) is 10.2. The van der Waals surface area contributed by atoms with Crippen molar-refractivity contribution < 1.29 is 0 Å². The monoisotopic (exact) mass is 285 g/mol. The summed E-state index contributed by atoms with van der Waals surface area (Å²) in [6, 6.07) is 6.01. The third-order valence-corrected chi connectivity index (χ3v) is 3.44. The van der Waals surface area contributed by atoms with Crippen molar-refractivity contribution in [2.45, 2.75) is 6.54 Å². The van der Waals surface area contributed by atoms with Crippen molar-refractivity contribution in [2.75, 3.05) is 40.0 Å². The van der Waals surface area contributed by atoms with E-state index in [0.717, 1.165) is 29.8 Å². The first-order valence-corrected chi connectivity index (χ1v) is 6.16. The van der Waals surface area contributed by atoms with Gasteiger partial charge < -0.3 is 15.5 Å². The summed E-state index contributed by atoms with van der Waals surface area (Å²) in [5.74, 6) is 0. The third-order valence-electron chi connectivity index (χ3n) is 2.48. The lowest BCUT2D eigenvalue weighted by Crippen LogP contribution is -2.28. The van der Waals surface area contributed by atoms with E-state index in [1.54, 1.807) is 0 Å². The molecule has 0 saturated carbocycles. The van der Waals surface area contributed by atoms with Crippen LogP contribution in [-0.4, -0.2) is 44.0 Å². The fraction of sp³-hybridized carbons (Fsp3) is 0.500. The molecule has 0 aliphatic carbocycles. The lowest BCUT2D eigenvalue weighted by Gasteiger charge is -2.20. The van der Waals surface area contributed by atoms with Crippen molar-refractivity contribution in [3.05, 3.63) is 28.2 Å². The van der Waals surface area contributed by atoms with Gasteiger partial charge in [-0.05, 0) is 48.7 Å². The Bertz CT molecular complexity index is 339. The van der Waals surface area contributed by atoms with Gasteiger partial charge in [0.2, 0.25) is 0 Å². The summed E-state index contributed by atoms with van der Waals surface area (Å²) in [7, 11) is 6.30. The Kier molecular flexibility index (Phi) is 5.25. The fourth-order valence-corrected chi connectivity index (χ4v) is 1.85. The number of nitrogens with two attached hydrogens (primary N) is 1. The van der Waals surface area contributed by atoms with Crippen LogP contribution in [0.3, 0.4) is 0 Å². The molecule has 0 amide bonds. The summed E-state index contributed by atoms with van der Waals surface area (Å²) in [6.45, 7) is 3.03. The van der Waals surface area contributed by atoms with Crippen LogP contribution in [0, 0.1) is 0 Å². The van der Waals surface area contributed by atoms with Gasteiger partial charge in [-0.15, -0.1) is 0 Å². The van der Waals surface area contributed by atoms with Crippen LogP contribution < -0.4 is 5.73 Å². The summed E-state index contributed by atoms with van der Waals surface area (Å²) in [4.78, 5) is 4.48. The molecule has 0 unspecified atom stereocenters. The highest BCUT2D eigenvalue weighted by Gasteiger charge is 2.06. The molecule has 0 heterocycles. The SMILES string of the molecule is CN(C)CCN(C)Cc1cccc(N)c1Br. The normalized spacial score (nSPS) is 11.4. The Morgan fingerprint density at radius 3 is 2.50 bits per heavy atom. The van der Waals surface area contributed by atoms with Crippen molar-refractivity contribution in [2.24, 2.45) is 0 Å². The summed E-state index contributed by atoms with van der Waals surface area (Å²) in [5.41, 5.74) is 7.89. The van der Waals surface area contributed by atoms with Crippen molar-refractivity contribution in [1.29, 1.82) is 0 Å². The van der Waals surface area contributed by atoms with E-state index in [1.165, 1.54) is 5.56 Å². The van der Waals surface area contributed by atoms with E-state index in [1.807, 2.05) is 12.1 Å². The van der Waals surface area contributed by atoms with Crippen molar-refractivity contribution >= 4 is 21.6 Å². The molecule has 0 atom stereocenters. The molecule has 1 aromatic rings. The maximum atomic E-state index is 5.84. The summed E-state index contributed by atoms with van der Waals surface area (Å²) in [6.07, 6.45) is 0. The minimum Gasteiger partial charge on any atom is -0.398 e. The highest BCUT2D eigenvalue weighted by Crippen LogP contribution is 2.24. The molecule has 1 aromatic carbocycles. The minimum atomic E-state index is 0.804. The lowest BCUT2D eigenvalue weighted by atomic mass is 10.2. The highest BCUT2D eigenvalue weighted by atomic mass is 79.9. The summed E-state index contributed by atoms with van der Waals surface area (Å²) in [5, 5.41) is 0. The van der Waals surface area contributed by atoms with Gasteiger partial charge in [-0.3, -0.25) is 0 Å². The van der Waals surface area contributed by atoms with E-state index >= 15 is 0 Å². The molecule has 1 rings (SSSR count). The molecule has 0 fully saturated rings. The topological polar surface area (TPSA) is 32.5 Å². The number of anilines is 1. The number of nitrogens with zero attached hydrogens (tertiary/aromatic N) is 2. The van der Waals surface area contributed by atoms with Gasteiger partial charge >= 0.3 is 0 Å². The molecule has 0 bridgehead atoms. The van der Waals surface area contributed by atoms with Gasteiger partial charge in [-0.2, -0.15) is 0 Å². The van der Waals surface area contributed by atoms with Crippen LogP contribution in [0.15, 0.2) is 22.7 Å². The van der Waals surface area contributed by atoms with Gasteiger partial charge in [-0.25, -0.2) is 0 Å². The minimum absolute atomic E-state index is 0.804. The maximum Gasteiger partial charge on any atom is 0.0461 e. The molecule has 0 aliphatic heterocycles. The molecular weight excluding hydrogens is 266 g/mol. The first kappa shape index (κ1) is 13.5. The Labute approximate surface area is 106 Å². The first-order valence-electron chi connectivity index (χ1n) is 5.37. The average molecular weight is 286 g/mol. The second-order valence-corrected chi connectivity index (χ2v) is 5.15. The molecule has 16 heavy (non-hydrogen) atoms. The van der Waals surface area contributed by atoms with Gasteiger partial charge in [0, 0.05) is 29.8 Å². The number of likely N-dealkylation sites (N-methyl/N-ethyl adjacent to an activating group) is 2. The smallest absolute Gasteiger partial charge is 0.0461 e. The van der Waals surface area contributed by atoms with Crippen molar-refractivity contribution in [3.63, 3.8) is 0 Å². The molecule has 4 heteroatoms. The second-order valence-electron chi connectivity index (χ2n) is 4.36. The summed E-state index contributed by atoms with van der Waals surface area (Å²) >= 11 is 3.53. The highest BCUT2D eigenvalue weighted by molar-refractivity contribution is 9.10. The molecule has 90 valence electrons. The second kappa shape index (κ2) is 6.23. The van der Waals surface area contributed by atoms with E-state index in [4.69, 9.17) is 5.73 Å². The van der Waals surface area contributed by atoms with Crippen molar-refractivity contribution in [1.82, 2.24) is 9.80 Å². The van der Waals surface area contributed by atoms with Crippen LogP contribution in [0.4, 0.5) is 5.69 Å². The molecule has 2 N–H and O–H groups in total. The molecule has 0 saturated heterocycles. The van der Waals surface area contributed by atoms with Crippen LogP contribution in [0.2, 0.25) is 0 Å². The molecular formula is C12H20BrN3. The van der Waals surface area contributed by atoms with Crippen LogP contribution >= 0.6 is 15.9 Å². The number of benzene rings is 1. The van der Waals surface area contributed by atoms with Crippen LogP contribution in [0.5, 0.6) is 0 Å². The molecule has 0 spiro atoms. The average Bonchev–Trinajstić information content (AvgIpc) is 2.22. The fourth-order valence-electron chi connectivity index (χ4n) is 1.46. The molecule has 3 nitrogen and oxygen atoms in total. The van der Waals surface area contributed by atoms with E-state index in [2.05, 4.69) is 52.9 Å². The number of rotatable bonds is 5. The largest absolute Gasteiger partial charge is 0.398 e. The molecule has 0 radical (unpaired) electrons. The zero-order valence-corrected chi connectivity index (χ0v) is 11.8. The third kappa shape index (κ3) is 4.12. The molecule has 0 aromatic heterocycles. The van der Waals surface area contributed by atoms with Gasteiger partial charge in [0.05, 0.1) is 0 Å². The summed E-state index contributed by atoms with van der Waals surface area (Å²) < 4.78 is 1.02. The zero-order chi connectivity index (χ0) is 12.1. The number of hydrogen-bond acceptors (Lipinski definition) is 3. The van der Waals surface area contributed by atoms with E-state index in [9.17, 15) is 0 Å². The van der Waals surface area contributed by atoms with Crippen molar-refractivity contribution in [3.8, 4) is 0 Å². The van der Waals surface area contributed by atoms with Gasteiger partial charge in [0.15, 0.2) is 0 Å². The van der Waals surface area contributed by atoms with Crippen LogP contribution in [-0.2, 0) is 6.54 Å². The van der Waals surface area contributed by atoms with E-state index in [0.29, 0.717) is 0 Å². The first-order chi connectivity index (χ1) is 7.50. The maximum absolute atomic E-state index is 5.84. The Morgan fingerprint density at radius 2 is 1.88 bits per heavy atom. The number of halogens is 1. The van der Waals surface area contributed by atoms with Crippen LogP contribution in [0.1, 0.15) is 5.56 Å².